The average Bonchev–Trinajstić information content (AvgIpc) is 2.64. The van der Waals surface area contributed by atoms with Crippen molar-refractivity contribution in [1.29, 1.82) is 0 Å². The number of hydrogen-bond acceptors (Lipinski definition) is 7. The van der Waals surface area contributed by atoms with E-state index in [-0.39, 0.29) is 5.95 Å². The SMILES string of the molecule is COc1n[nH]c2nc(N)nc(N3CCCOCC3)c12. The zero-order valence-electron chi connectivity index (χ0n) is 10.7. The molecule has 0 bridgehead atoms. The first-order valence-electron chi connectivity index (χ1n) is 6.18. The highest BCUT2D eigenvalue weighted by Gasteiger charge is 2.20. The van der Waals surface area contributed by atoms with Crippen molar-refractivity contribution in [1.82, 2.24) is 20.2 Å². The number of aromatic amines is 1. The summed E-state index contributed by atoms with van der Waals surface area (Å²) in [4.78, 5) is 10.6. The van der Waals surface area contributed by atoms with Gasteiger partial charge in [0.1, 0.15) is 11.2 Å². The summed E-state index contributed by atoms with van der Waals surface area (Å²) in [6, 6.07) is 0. The number of methoxy groups -OCH3 is 1. The fraction of sp³-hybridized carbons (Fsp3) is 0.545. The van der Waals surface area contributed by atoms with E-state index in [4.69, 9.17) is 15.2 Å². The third-order valence-corrected chi connectivity index (χ3v) is 3.10. The Morgan fingerprint density at radius 3 is 3.05 bits per heavy atom. The molecule has 1 fully saturated rings. The van der Waals surface area contributed by atoms with E-state index in [0.29, 0.717) is 18.1 Å². The Hall–Kier alpha value is -2.09. The van der Waals surface area contributed by atoms with Gasteiger partial charge in [0.15, 0.2) is 5.65 Å². The maximum Gasteiger partial charge on any atom is 0.245 e. The molecule has 0 atom stereocenters. The Morgan fingerprint density at radius 1 is 1.32 bits per heavy atom. The molecular formula is C11H16N6O2. The molecule has 0 unspecified atom stereocenters. The summed E-state index contributed by atoms with van der Waals surface area (Å²) >= 11 is 0. The number of anilines is 2. The number of nitrogens with two attached hydrogens (primary N) is 1. The van der Waals surface area contributed by atoms with Gasteiger partial charge in [0.2, 0.25) is 11.8 Å². The summed E-state index contributed by atoms with van der Waals surface area (Å²) in [5.74, 6) is 1.45. The lowest BCUT2D eigenvalue weighted by atomic mass is 10.3. The first-order valence-corrected chi connectivity index (χ1v) is 6.18. The van der Waals surface area contributed by atoms with Crippen LogP contribution in [-0.4, -0.2) is 53.6 Å². The second-order valence-corrected chi connectivity index (χ2v) is 4.31. The van der Waals surface area contributed by atoms with Crippen LogP contribution in [0.25, 0.3) is 11.0 Å². The first-order chi connectivity index (χ1) is 9.29. The van der Waals surface area contributed by atoms with Gasteiger partial charge in [-0.05, 0) is 6.42 Å². The smallest absolute Gasteiger partial charge is 0.245 e. The molecule has 8 nitrogen and oxygen atoms in total. The molecule has 3 heterocycles. The van der Waals surface area contributed by atoms with E-state index in [1.54, 1.807) is 7.11 Å². The summed E-state index contributed by atoms with van der Waals surface area (Å²) in [6.45, 7) is 3.06. The van der Waals surface area contributed by atoms with Crippen LogP contribution in [0.1, 0.15) is 6.42 Å². The maximum atomic E-state index is 5.75. The molecular weight excluding hydrogens is 248 g/mol. The maximum absolute atomic E-state index is 5.75. The molecule has 1 aliphatic heterocycles. The highest BCUT2D eigenvalue weighted by molar-refractivity contribution is 5.92. The molecule has 0 saturated carbocycles. The normalized spacial score (nSPS) is 16.6. The highest BCUT2D eigenvalue weighted by Crippen LogP contribution is 2.31. The molecule has 0 spiro atoms. The highest BCUT2D eigenvalue weighted by atomic mass is 16.5. The Labute approximate surface area is 109 Å². The van der Waals surface area contributed by atoms with Crippen molar-refractivity contribution in [2.45, 2.75) is 6.42 Å². The number of nitrogen functional groups attached to an aromatic ring is 1. The van der Waals surface area contributed by atoms with Gasteiger partial charge in [0.05, 0.1) is 13.7 Å². The Morgan fingerprint density at radius 2 is 2.21 bits per heavy atom. The van der Waals surface area contributed by atoms with Crippen LogP contribution in [-0.2, 0) is 4.74 Å². The number of nitrogens with zero attached hydrogens (tertiary/aromatic N) is 4. The van der Waals surface area contributed by atoms with Crippen molar-refractivity contribution in [2.75, 3.05) is 44.0 Å². The fourth-order valence-electron chi connectivity index (χ4n) is 2.24. The number of hydrogen-bond donors (Lipinski definition) is 2. The molecule has 0 aliphatic carbocycles. The molecule has 102 valence electrons. The summed E-state index contributed by atoms with van der Waals surface area (Å²) in [5, 5.41) is 7.64. The molecule has 2 aromatic heterocycles. The van der Waals surface area contributed by atoms with Gasteiger partial charge in [0, 0.05) is 19.7 Å². The molecule has 2 aromatic rings. The quantitative estimate of drug-likeness (QED) is 0.797. The lowest BCUT2D eigenvalue weighted by Gasteiger charge is -2.21. The number of ether oxygens (including phenoxy) is 2. The van der Waals surface area contributed by atoms with E-state index in [1.807, 2.05) is 0 Å². The number of nitrogens with one attached hydrogen (secondary N) is 1. The standard InChI is InChI=1S/C11H16N6O2/c1-18-10-7-8(15-16-10)13-11(12)14-9(7)17-3-2-5-19-6-4-17/h2-6H2,1H3,(H3,12,13,14,15,16). The zero-order valence-corrected chi connectivity index (χ0v) is 10.7. The largest absolute Gasteiger partial charge is 0.479 e. The summed E-state index contributed by atoms with van der Waals surface area (Å²) < 4.78 is 10.7. The molecule has 1 saturated heterocycles. The molecule has 0 aromatic carbocycles. The lowest BCUT2D eigenvalue weighted by Crippen LogP contribution is -2.27. The second-order valence-electron chi connectivity index (χ2n) is 4.31. The van der Waals surface area contributed by atoms with Crippen molar-refractivity contribution in [2.24, 2.45) is 0 Å². The van der Waals surface area contributed by atoms with Crippen molar-refractivity contribution in [3.63, 3.8) is 0 Å². The average molecular weight is 264 g/mol. The van der Waals surface area contributed by atoms with E-state index < -0.39 is 0 Å². The van der Waals surface area contributed by atoms with Gasteiger partial charge >= 0.3 is 0 Å². The van der Waals surface area contributed by atoms with Gasteiger partial charge in [-0.1, -0.05) is 0 Å². The van der Waals surface area contributed by atoms with Gasteiger partial charge < -0.3 is 20.1 Å². The van der Waals surface area contributed by atoms with Crippen LogP contribution in [0.3, 0.4) is 0 Å². The Balaban J connectivity index is 2.11. The van der Waals surface area contributed by atoms with Crippen LogP contribution in [0, 0.1) is 0 Å². The minimum Gasteiger partial charge on any atom is -0.479 e. The van der Waals surface area contributed by atoms with Crippen LogP contribution in [0.4, 0.5) is 11.8 Å². The molecule has 0 radical (unpaired) electrons. The van der Waals surface area contributed by atoms with Gasteiger partial charge in [-0.2, -0.15) is 9.97 Å². The van der Waals surface area contributed by atoms with Crippen LogP contribution < -0.4 is 15.4 Å². The third-order valence-electron chi connectivity index (χ3n) is 3.10. The van der Waals surface area contributed by atoms with Crippen molar-refractivity contribution < 1.29 is 9.47 Å². The van der Waals surface area contributed by atoms with E-state index in [9.17, 15) is 0 Å². The summed E-state index contributed by atoms with van der Waals surface area (Å²) in [6.07, 6.45) is 0.950. The number of aromatic nitrogens is 4. The predicted octanol–water partition coefficient (Wildman–Crippen LogP) is 0.170. The third kappa shape index (κ3) is 2.14. The molecule has 1 aliphatic rings. The van der Waals surface area contributed by atoms with Crippen molar-refractivity contribution in [3.05, 3.63) is 0 Å². The first kappa shape index (κ1) is 12.0. The van der Waals surface area contributed by atoms with Gasteiger partial charge in [0.25, 0.3) is 0 Å². The van der Waals surface area contributed by atoms with E-state index >= 15 is 0 Å². The minimum atomic E-state index is 0.221. The summed E-state index contributed by atoms with van der Waals surface area (Å²) in [7, 11) is 1.57. The number of fused-ring (bicyclic) bond motifs is 1. The zero-order chi connectivity index (χ0) is 13.2. The Kier molecular flexibility index (Phi) is 3.08. The number of H-pyrrole nitrogens is 1. The van der Waals surface area contributed by atoms with Crippen LogP contribution in [0.15, 0.2) is 0 Å². The van der Waals surface area contributed by atoms with Gasteiger partial charge in [-0.25, -0.2) is 0 Å². The Bertz CT molecular complexity index is 576. The predicted molar refractivity (Wildman–Crippen MR) is 70.3 cm³/mol. The lowest BCUT2D eigenvalue weighted by molar-refractivity contribution is 0.152. The minimum absolute atomic E-state index is 0.221. The van der Waals surface area contributed by atoms with Crippen molar-refractivity contribution in [3.8, 4) is 5.88 Å². The monoisotopic (exact) mass is 264 g/mol. The van der Waals surface area contributed by atoms with Crippen LogP contribution in [0.2, 0.25) is 0 Å². The van der Waals surface area contributed by atoms with Gasteiger partial charge in [-0.15, -0.1) is 5.10 Å². The van der Waals surface area contributed by atoms with E-state index in [2.05, 4.69) is 25.1 Å². The molecule has 19 heavy (non-hydrogen) atoms. The van der Waals surface area contributed by atoms with E-state index in [1.165, 1.54) is 0 Å². The van der Waals surface area contributed by atoms with E-state index in [0.717, 1.165) is 37.3 Å². The topological polar surface area (TPSA) is 102 Å². The van der Waals surface area contributed by atoms with Crippen molar-refractivity contribution >= 4 is 22.8 Å². The molecule has 3 rings (SSSR count). The van der Waals surface area contributed by atoms with Crippen LogP contribution in [0.5, 0.6) is 5.88 Å². The molecule has 0 amide bonds. The molecule has 8 heteroatoms. The fourth-order valence-corrected chi connectivity index (χ4v) is 2.24. The van der Waals surface area contributed by atoms with Crippen LogP contribution >= 0.6 is 0 Å². The van der Waals surface area contributed by atoms with Gasteiger partial charge in [-0.3, -0.25) is 5.10 Å². The second kappa shape index (κ2) is 4.88. The number of rotatable bonds is 2. The summed E-state index contributed by atoms with van der Waals surface area (Å²) in [5.41, 5.74) is 6.34. The molecule has 3 N–H and O–H groups in total.